The maximum Gasteiger partial charge on any atom is 0.218 e. The van der Waals surface area contributed by atoms with Crippen molar-refractivity contribution in [3.05, 3.63) is 41.5 Å². The van der Waals surface area contributed by atoms with Gasteiger partial charge in [0.1, 0.15) is 0 Å². The van der Waals surface area contributed by atoms with Crippen LogP contribution in [0.1, 0.15) is 11.6 Å². The van der Waals surface area contributed by atoms with Crippen LogP contribution in [-0.4, -0.2) is 4.98 Å². The minimum Gasteiger partial charge on any atom is -0.321 e. The molecule has 0 spiro atoms. The fourth-order valence-corrected chi connectivity index (χ4v) is 0.965. The van der Waals surface area contributed by atoms with Crippen LogP contribution in [0.4, 0.5) is 4.39 Å². The average Bonchev–Trinajstić information content (AvgIpc) is 2.08. The highest BCUT2D eigenvalue weighted by Gasteiger charge is 2.09. The zero-order valence-corrected chi connectivity index (χ0v) is 7.05. The van der Waals surface area contributed by atoms with E-state index in [-0.39, 0.29) is 5.56 Å². The monoisotopic (exact) mass is 186 g/mol. The van der Waals surface area contributed by atoms with E-state index in [1.54, 1.807) is 0 Å². The zero-order valence-electron chi connectivity index (χ0n) is 6.30. The summed E-state index contributed by atoms with van der Waals surface area (Å²) >= 11 is 5.60. The zero-order chi connectivity index (χ0) is 9.14. The van der Waals surface area contributed by atoms with Gasteiger partial charge in [0.25, 0.3) is 0 Å². The number of nitrogens with zero attached hydrogens (tertiary/aromatic N) is 1. The highest BCUT2D eigenvalue weighted by Crippen LogP contribution is 2.17. The van der Waals surface area contributed by atoms with E-state index in [0.29, 0.717) is 5.02 Å². The quantitative estimate of drug-likeness (QED) is 0.567. The summed E-state index contributed by atoms with van der Waals surface area (Å²) in [5, 5.41) is 0.365. The van der Waals surface area contributed by atoms with Crippen molar-refractivity contribution >= 4 is 11.6 Å². The number of hydrogen-bond acceptors (Lipinski definition) is 2. The van der Waals surface area contributed by atoms with Crippen molar-refractivity contribution in [2.24, 2.45) is 5.73 Å². The summed E-state index contributed by atoms with van der Waals surface area (Å²) in [5.41, 5.74) is 5.77. The Bertz CT molecular complexity index is 301. The molecule has 1 aromatic heterocycles. The van der Waals surface area contributed by atoms with E-state index in [4.69, 9.17) is 17.3 Å². The molecular formula is C8H8ClFN2. The van der Waals surface area contributed by atoms with Gasteiger partial charge in [-0.2, -0.15) is 4.39 Å². The molecule has 0 amide bonds. The van der Waals surface area contributed by atoms with Gasteiger partial charge in [-0.25, -0.2) is 4.98 Å². The van der Waals surface area contributed by atoms with Gasteiger partial charge in [-0.3, -0.25) is 0 Å². The van der Waals surface area contributed by atoms with Crippen molar-refractivity contribution in [2.45, 2.75) is 6.04 Å². The highest BCUT2D eigenvalue weighted by molar-refractivity contribution is 6.30. The molecule has 0 saturated carbocycles. The van der Waals surface area contributed by atoms with Gasteiger partial charge in [0.05, 0.1) is 11.1 Å². The largest absolute Gasteiger partial charge is 0.321 e. The van der Waals surface area contributed by atoms with E-state index in [0.717, 1.165) is 0 Å². The molecule has 0 saturated heterocycles. The van der Waals surface area contributed by atoms with Crippen LogP contribution in [0.3, 0.4) is 0 Å². The molecule has 4 heteroatoms. The second-order valence-corrected chi connectivity index (χ2v) is 2.73. The number of halogens is 2. The van der Waals surface area contributed by atoms with Gasteiger partial charge in [-0.1, -0.05) is 17.7 Å². The van der Waals surface area contributed by atoms with Crippen molar-refractivity contribution < 1.29 is 4.39 Å². The van der Waals surface area contributed by atoms with Crippen LogP contribution in [0.15, 0.2) is 24.9 Å². The molecule has 12 heavy (non-hydrogen) atoms. The Balaban J connectivity index is 3.12. The maximum atomic E-state index is 12.9. The van der Waals surface area contributed by atoms with Crippen LogP contribution >= 0.6 is 11.6 Å². The normalized spacial score (nSPS) is 12.6. The molecule has 0 aliphatic rings. The lowest BCUT2D eigenvalue weighted by molar-refractivity contribution is 0.560. The molecule has 2 N–H and O–H groups in total. The smallest absolute Gasteiger partial charge is 0.218 e. The molecule has 1 aromatic rings. The molecule has 0 aromatic carbocycles. The van der Waals surface area contributed by atoms with Crippen molar-refractivity contribution in [3.8, 4) is 0 Å². The number of hydrogen-bond donors (Lipinski definition) is 1. The van der Waals surface area contributed by atoms with Crippen LogP contribution < -0.4 is 5.73 Å². The summed E-state index contributed by atoms with van der Waals surface area (Å²) in [7, 11) is 0. The summed E-state index contributed by atoms with van der Waals surface area (Å²) in [6.07, 6.45) is 2.66. The number of aromatic nitrogens is 1. The van der Waals surface area contributed by atoms with Crippen LogP contribution in [0.5, 0.6) is 0 Å². The van der Waals surface area contributed by atoms with Crippen molar-refractivity contribution in [2.75, 3.05) is 0 Å². The van der Waals surface area contributed by atoms with Gasteiger partial charge in [-0.05, 0) is 6.07 Å². The van der Waals surface area contributed by atoms with E-state index >= 15 is 0 Å². The molecule has 1 atom stereocenters. The Hall–Kier alpha value is -0.930. The molecule has 64 valence electrons. The minimum absolute atomic E-state index is 0.262. The summed E-state index contributed by atoms with van der Waals surface area (Å²) in [4.78, 5) is 3.42. The highest BCUT2D eigenvalue weighted by atomic mass is 35.5. The Morgan fingerprint density at radius 1 is 1.75 bits per heavy atom. The lowest BCUT2D eigenvalue weighted by Crippen LogP contribution is -2.09. The predicted octanol–water partition coefficient (Wildman–Crippen LogP) is 2.06. The van der Waals surface area contributed by atoms with Gasteiger partial charge in [0.2, 0.25) is 5.95 Å². The van der Waals surface area contributed by atoms with Gasteiger partial charge < -0.3 is 5.73 Å². The SMILES string of the molecule is C=CC(N)c1cc(Cl)cnc1F. The third-order valence-electron chi connectivity index (χ3n) is 1.45. The topological polar surface area (TPSA) is 38.9 Å². The summed E-state index contributed by atoms with van der Waals surface area (Å²) in [5.74, 6) is -0.605. The maximum absolute atomic E-state index is 12.9. The molecule has 1 rings (SSSR count). The van der Waals surface area contributed by atoms with Gasteiger partial charge in [0, 0.05) is 11.8 Å². The molecule has 0 fully saturated rings. The van der Waals surface area contributed by atoms with E-state index in [9.17, 15) is 4.39 Å². The Morgan fingerprint density at radius 3 is 3.00 bits per heavy atom. The summed E-state index contributed by atoms with van der Waals surface area (Å²) < 4.78 is 12.9. The van der Waals surface area contributed by atoms with Crippen LogP contribution in [0.2, 0.25) is 5.02 Å². The molecule has 1 heterocycles. The molecule has 0 bridgehead atoms. The van der Waals surface area contributed by atoms with E-state index < -0.39 is 12.0 Å². The Morgan fingerprint density at radius 2 is 2.42 bits per heavy atom. The van der Waals surface area contributed by atoms with E-state index in [1.807, 2.05) is 0 Å². The third-order valence-corrected chi connectivity index (χ3v) is 1.65. The average molecular weight is 187 g/mol. The molecule has 0 radical (unpaired) electrons. The lowest BCUT2D eigenvalue weighted by Gasteiger charge is -2.06. The third kappa shape index (κ3) is 1.81. The summed E-state index contributed by atoms with van der Waals surface area (Å²) in [6.45, 7) is 3.45. The molecule has 2 nitrogen and oxygen atoms in total. The first-order valence-electron chi connectivity index (χ1n) is 3.34. The minimum atomic E-state index is -0.605. The molecule has 1 unspecified atom stereocenters. The first kappa shape index (κ1) is 9.16. The fourth-order valence-electron chi connectivity index (χ4n) is 0.799. The van der Waals surface area contributed by atoms with E-state index in [1.165, 1.54) is 18.3 Å². The first-order valence-corrected chi connectivity index (χ1v) is 3.72. The van der Waals surface area contributed by atoms with Crippen LogP contribution in [0.25, 0.3) is 0 Å². The van der Waals surface area contributed by atoms with Gasteiger partial charge in [-0.15, -0.1) is 6.58 Å². The fraction of sp³-hybridized carbons (Fsp3) is 0.125. The number of pyridine rings is 1. The molecule has 0 aliphatic carbocycles. The second-order valence-electron chi connectivity index (χ2n) is 2.30. The van der Waals surface area contributed by atoms with Crippen molar-refractivity contribution in [1.29, 1.82) is 0 Å². The predicted molar refractivity (Wildman–Crippen MR) is 46.3 cm³/mol. The first-order chi connectivity index (χ1) is 5.65. The standard InChI is InChI=1S/C8H8ClFN2/c1-2-7(11)6-3-5(9)4-12-8(6)10/h2-4,7H,1,11H2. The molecular weight excluding hydrogens is 179 g/mol. The summed E-state index contributed by atoms with van der Waals surface area (Å²) in [6, 6.07) is 0.882. The Kier molecular flexibility index (Phi) is 2.78. The van der Waals surface area contributed by atoms with Crippen molar-refractivity contribution in [1.82, 2.24) is 4.98 Å². The van der Waals surface area contributed by atoms with Gasteiger partial charge in [0.15, 0.2) is 0 Å². The second kappa shape index (κ2) is 3.65. The Labute approximate surface area is 74.9 Å². The van der Waals surface area contributed by atoms with Crippen LogP contribution in [-0.2, 0) is 0 Å². The lowest BCUT2D eigenvalue weighted by atomic mass is 10.1. The van der Waals surface area contributed by atoms with Crippen LogP contribution in [0, 0.1) is 5.95 Å². The van der Waals surface area contributed by atoms with E-state index in [2.05, 4.69) is 11.6 Å². The number of nitrogens with two attached hydrogens (primary N) is 1. The number of rotatable bonds is 2. The van der Waals surface area contributed by atoms with Crippen molar-refractivity contribution in [3.63, 3.8) is 0 Å². The molecule has 0 aliphatic heterocycles. The van der Waals surface area contributed by atoms with Gasteiger partial charge >= 0.3 is 0 Å².